The van der Waals surface area contributed by atoms with E-state index in [4.69, 9.17) is 9.52 Å². The number of hydrogen-bond acceptors (Lipinski definition) is 4. The Kier molecular flexibility index (Phi) is 4.40. The number of nitrogens with one attached hydrogen (secondary N) is 2. The number of urea groups is 1. The largest absolute Gasteiger partial charge is 0.475 e. The molecule has 1 saturated heterocycles. The van der Waals surface area contributed by atoms with Gasteiger partial charge in [-0.25, -0.2) is 14.6 Å². The molecule has 19 heavy (non-hydrogen) atoms. The molecule has 0 aromatic carbocycles. The molecule has 0 spiro atoms. The predicted octanol–water partition coefficient (Wildman–Crippen LogP) is 1.18. The molecule has 2 heterocycles. The van der Waals surface area contributed by atoms with Crippen LogP contribution in [0.5, 0.6) is 0 Å². The summed E-state index contributed by atoms with van der Waals surface area (Å²) in [4.78, 5) is 22.2. The summed E-state index contributed by atoms with van der Waals surface area (Å²) in [6.07, 6.45) is 3.37. The van der Waals surface area contributed by atoms with Crippen LogP contribution in [0.15, 0.2) is 16.5 Å². The van der Waals surface area contributed by atoms with Crippen LogP contribution in [0, 0.1) is 0 Å². The predicted molar refractivity (Wildman–Crippen MR) is 66.5 cm³/mol. The summed E-state index contributed by atoms with van der Waals surface area (Å²) < 4.78 is 5.03. The fourth-order valence-electron chi connectivity index (χ4n) is 1.94. The van der Waals surface area contributed by atoms with Crippen molar-refractivity contribution in [1.29, 1.82) is 0 Å². The maximum atomic E-state index is 11.6. The number of piperidine rings is 1. The summed E-state index contributed by atoms with van der Waals surface area (Å²) in [7, 11) is 0. The Morgan fingerprint density at radius 1 is 1.26 bits per heavy atom. The van der Waals surface area contributed by atoms with Crippen molar-refractivity contribution in [3.8, 4) is 0 Å². The molecular formula is C12H17N3O4. The van der Waals surface area contributed by atoms with E-state index < -0.39 is 5.97 Å². The third-order valence-corrected chi connectivity index (χ3v) is 2.91. The van der Waals surface area contributed by atoms with Gasteiger partial charge in [0.05, 0.1) is 6.54 Å². The molecule has 2 amide bonds. The minimum atomic E-state index is -1.12. The van der Waals surface area contributed by atoms with Crippen LogP contribution >= 0.6 is 0 Å². The zero-order valence-electron chi connectivity index (χ0n) is 10.5. The minimum absolute atomic E-state index is 0.131. The van der Waals surface area contributed by atoms with E-state index in [2.05, 4.69) is 10.7 Å². The summed E-state index contributed by atoms with van der Waals surface area (Å²) in [6.45, 7) is 1.88. The maximum absolute atomic E-state index is 11.6. The first kappa shape index (κ1) is 13.4. The van der Waals surface area contributed by atoms with E-state index in [1.807, 2.05) is 5.01 Å². The van der Waals surface area contributed by atoms with Crippen molar-refractivity contribution in [3.63, 3.8) is 0 Å². The number of furan rings is 1. The number of nitrogens with zero attached hydrogens (tertiary/aromatic N) is 1. The molecule has 1 aliphatic heterocycles. The number of carbonyl (C=O) groups is 2. The number of rotatable bonds is 4. The van der Waals surface area contributed by atoms with Crippen LogP contribution in [0.3, 0.4) is 0 Å². The summed E-state index contributed by atoms with van der Waals surface area (Å²) in [5, 5.41) is 13.2. The highest BCUT2D eigenvalue weighted by molar-refractivity contribution is 5.84. The lowest BCUT2D eigenvalue weighted by Crippen LogP contribution is -2.49. The molecule has 0 aliphatic carbocycles. The molecule has 1 aliphatic rings. The summed E-state index contributed by atoms with van der Waals surface area (Å²) in [6, 6.07) is 2.59. The van der Waals surface area contributed by atoms with Gasteiger partial charge < -0.3 is 14.8 Å². The summed E-state index contributed by atoms with van der Waals surface area (Å²) in [5.74, 6) is -0.844. The fourth-order valence-corrected chi connectivity index (χ4v) is 1.94. The number of amides is 2. The number of hydrogen-bond donors (Lipinski definition) is 3. The quantitative estimate of drug-likeness (QED) is 0.761. The maximum Gasteiger partial charge on any atom is 0.371 e. The Balaban J connectivity index is 1.74. The van der Waals surface area contributed by atoms with Crippen LogP contribution in [0.4, 0.5) is 4.79 Å². The minimum Gasteiger partial charge on any atom is -0.475 e. The Morgan fingerprint density at radius 3 is 2.63 bits per heavy atom. The highest BCUT2D eigenvalue weighted by Crippen LogP contribution is 2.08. The van der Waals surface area contributed by atoms with Gasteiger partial charge >= 0.3 is 12.0 Å². The molecule has 104 valence electrons. The molecule has 7 nitrogen and oxygen atoms in total. The van der Waals surface area contributed by atoms with Crippen LogP contribution in [0.2, 0.25) is 0 Å². The van der Waals surface area contributed by atoms with Gasteiger partial charge in [-0.05, 0) is 25.0 Å². The van der Waals surface area contributed by atoms with Gasteiger partial charge in [0.1, 0.15) is 5.76 Å². The van der Waals surface area contributed by atoms with Crippen molar-refractivity contribution >= 4 is 12.0 Å². The van der Waals surface area contributed by atoms with E-state index in [1.54, 1.807) is 0 Å². The van der Waals surface area contributed by atoms with E-state index in [9.17, 15) is 9.59 Å². The first-order chi connectivity index (χ1) is 9.15. The molecule has 3 N–H and O–H groups in total. The van der Waals surface area contributed by atoms with Crippen molar-refractivity contribution < 1.29 is 19.1 Å². The van der Waals surface area contributed by atoms with Crippen molar-refractivity contribution in [2.45, 2.75) is 25.8 Å². The smallest absolute Gasteiger partial charge is 0.371 e. The lowest BCUT2D eigenvalue weighted by molar-refractivity contribution is 0.0660. The molecule has 1 aromatic heterocycles. The highest BCUT2D eigenvalue weighted by atomic mass is 16.4. The van der Waals surface area contributed by atoms with Crippen LogP contribution in [0.1, 0.15) is 35.6 Å². The van der Waals surface area contributed by atoms with Gasteiger partial charge in [0, 0.05) is 13.1 Å². The van der Waals surface area contributed by atoms with Gasteiger partial charge in [-0.15, -0.1) is 0 Å². The Morgan fingerprint density at radius 2 is 2.00 bits per heavy atom. The van der Waals surface area contributed by atoms with Crippen molar-refractivity contribution in [3.05, 3.63) is 23.7 Å². The molecular weight excluding hydrogens is 250 g/mol. The third kappa shape index (κ3) is 3.99. The van der Waals surface area contributed by atoms with E-state index in [-0.39, 0.29) is 18.3 Å². The van der Waals surface area contributed by atoms with Crippen LogP contribution in [0.25, 0.3) is 0 Å². The summed E-state index contributed by atoms with van der Waals surface area (Å²) in [5.41, 5.74) is 2.74. The van der Waals surface area contributed by atoms with Gasteiger partial charge in [-0.2, -0.15) is 0 Å². The van der Waals surface area contributed by atoms with Crippen LogP contribution < -0.4 is 10.7 Å². The lowest BCUT2D eigenvalue weighted by atomic mass is 10.2. The van der Waals surface area contributed by atoms with Crippen molar-refractivity contribution in [2.75, 3.05) is 13.1 Å². The number of aromatic carboxylic acids is 1. The molecule has 1 aromatic rings. The molecule has 1 fully saturated rings. The first-order valence-corrected chi connectivity index (χ1v) is 6.26. The second-order valence-electron chi connectivity index (χ2n) is 4.41. The number of carboxylic acids is 1. The average molecular weight is 267 g/mol. The van der Waals surface area contributed by atoms with Crippen LogP contribution in [-0.2, 0) is 6.54 Å². The monoisotopic (exact) mass is 267 g/mol. The van der Waals surface area contributed by atoms with Gasteiger partial charge in [-0.1, -0.05) is 6.42 Å². The molecule has 0 bridgehead atoms. The SMILES string of the molecule is O=C(NCc1ccc(C(=O)O)o1)NN1CCCCC1. The van der Waals surface area contributed by atoms with Gasteiger partial charge in [-0.3, -0.25) is 5.43 Å². The zero-order valence-corrected chi connectivity index (χ0v) is 10.5. The highest BCUT2D eigenvalue weighted by Gasteiger charge is 2.13. The average Bonchev–Trinajstić information content (AvgIpc) is 2.86. The zero-order chi connectivity index (χ0) is 13.7. The first-order valence-electron chi connectivity index (χ1n) is 6.26. The topological polar surface area (TPSA) is 94.8 Å². The molecule has 7 heteroatoms. The van der Waals surface area contributed by atoms with Gasteiger partial charge in [0.2, 0.25) is 5.76 Å². The molecule has 0 unspecified atom stereocenters. The molecule has 0 saturated carbocycles. The van der Waals surface area contributed by atoms with E-state index in [1.165, 1.54) is 18.6 Å². The lowest BCUT2D eigenvalue weighted by Gasteiger charge is -2.26. The Labute approximate surface area is 110 Å². The number of carbonyl (C=O) groups excluding carboxylic acids is 1. The van der Waals surface area contributed by atoms with Crippen LogP contribution in [-0.4, -0.2) is 35.2 Å². The third-order valence-electron chi connectivity index (χ3n) is 2.91. The Hall–Kier alpha value is -2.02. The van der Waals surface area contributed by atoms with Gasteiger partial charge in [0.25, 0.3) is 0 Å². The van der Waals surface area contributed by atoms with Crippen molar-refractivity contribution in [1.82, 2.24) is 15.8 Å². The second kappa shape index (κ2) is 6.24. The standard InChI is InChI=1S/C12H17N3O4/c16-11(17)10-5-4-9(19-10)8-13-12(18)14-15-6-2-1-3-7-15/h4-5H,1-3,6-8H2,(H,16,17)(H2,13,14,18). The fraction of sp³-hybridized carbons (Fsp3) is 0.500. The second-order valence-corrected chi connectivity index (χ2v) is 4.41. The van der Waals surface area contributed by atoms with Crippen molar-refractivity contribution in [2.24, 2.45) is 0 Å². The van der Waals surface area contributed by atoms with E-state index >= 15 is 0 Å². The number of carboxylic acid groups (broad SMARTS) is 1. The Bertz CT molecular complexity index is 452. The molecule has 0 atom stereocenters. The van der Waals surface area contributed by atoms with E-state index in [0.29, 0.717) is 5.76 Å². The van der Waals surface area contributed by atoms with Gasteiger partial charge in [0.15, 0.2) is 0 Å². The molecule has 0 radical (unpaired) electrons. The number of hydrazine groups is 1. The van der Waals surface area contributed by atoms with E-state index in [0.717, 1.165) is 25.9 Å². The summed E-state index contributed by atoms with van der Waals surface area (Å²) >= 11 is 0. The normalized spacial score (nSPS) is 16.0. The molecule has 2 rings (SSSR count).